The maximum Gasteiger partial charge on any atom is 0.312 e. The smallest absolute Gasteiger partial charge is 0.312 e. The van der Waals surface area contributed by atoms with E-state index in [-0.39, 0.29) is 0 Å². The summed E-state index contributed by atoms with van der Waals surface area (Å²) in [5.41, 5.74) is 1.91. The van der Waals surface area contributed by atoms with Gasteiger partial charge in [0, 0.05) is 31.9 Å². The van der Waals surface area contributed by atoms with Gasteiger partial charge in [-0.2, -0.15) is 5.10 Å². The van der Waals surface area contributed by atoms with E-state index in [9.17, 15) is 9.90 Å². The number of nitrogens with zero attached hydrogens (tertiary/aromatic N) is 3. The second-order valence-electron chi connectivity index (χ2n) is 5.02. The highest BCUT2D eigenvalue weighted by molar-refractivity contribution is 5.76. The summed E-state index contributed by atoms with van der Waals surface area (Å²) < 4.78 is 1.75. The third kappa shape index (κ3) is 3.68. The number of aliphatic carboxylic acids is 1. The number of aromatic nitrogens is 2. The molecule has 20 heavy (non-hydrogen) atoms. The van der Waals surface area contributed by atoms with Crippen LogP contribution in [0.3, 0.4) is 0 Å². The first-order valence-electron chi connectivity index (χ1n) is 6.50. The zero-order valence-corrected chi connectivity index (χ0v) is 11.7. The van der Waals surface area contributed by atoms with Gasteiger partial charge in [-0.1, -0.05) is 30.3 Å². The molecule has 0 aliphatic heterocycles. The standard InChI is InChI=1S/C15H19N3O2/c1-17(9-12-8-16-18(2)10-12)11-14(15(19)20)13-6-4-3-5-7-13/h3-8,10,14H,9,11H2,1-2H3,(H,19,20). The molecule has 0 saturated heterocycles. The Hall–Kier alpha value is -2.14. The lowest BCUT2D eigenvalue weighted by atomic mass is 9.99. The van der Waals surface area contributed by atoms with Crippen LogP contribution in [0.1, 0.15) is 17.0 Å². The Kier molecular flexibility index (Phi) is 4.53. The van der Waals surface area contributed by atoms with E-state index in [0.29, 0.717) is 13.1 Å². The fourth-order valence-corrected chi connectivity index (χ4v) is 2.25. The van der Waals surface area contributed by atoms with E-state index in [1.807, 2.05) is 55.5 Å². The predicted octanol–water partition coefficient (Wildman–Crippen LogP) is 1.72. The number of rotatable bonds is 6. The van der Waals surface area contributed by atoms with Crippen LogP contribution in [-0.2, 0) is 18.4 Å². The zero-order chi connectivity index (χ0) is 14.5. The predicted molar refractivity (Wildman–Crippen MR) is 76.4 cm³/mol. The van der Waals surface area contributed by atoms with Crippen molar-refractivity contribution >= 4 is 5.97 Å². The van der Waals surface area contributed by atoms with Crippen LogP contribution in [0.2, 0.25) is 0 Å². The van der Waals surface area contributed by atoms with Gasteiger partial charge in [-0.25, -0.2) is 0 Å². The Bertz CT molecular complexity index is 566. The average molecular weight is 273 g/mol. The summed E-state index contributed by atoms with van der Waals surface area (Å²) in [6.07, 6.45) is 3.74. The van der Waals surface area contributed by atoms with Gasteiger partial charge in [-0.3, -0.25) is 9.48 Å². The largest absolute Gasteiger partial charge is 0.481 e. The Morgan fingerprint density at radius 2 is 2.10 bits per heavy atom. The van der Waals surface area contributed by atoms with E-state index in [0.717, 1.165) is 11.1 Å². The van der Waals surface area contributed by atoms with E-state index in [1.165, 1.54) is 0 Å². The monoisotopic (exact) mass is 273 g/mol. The van der Waals surface area contributed by atoms with Crippen LogP contribution in [-0.4, -0.2) is 39.3 Å². The molecule has 2 rings (SSSR count). The van der Waals surface area contributed by atoms with Crippen LogP contribution in [0.25, 0.3) is 0 Å². The Labute approximate surface area is 118 Å². The molecule has 0 fully saturated rings. The Balaban J connectivity index is 2.03. The lowest BCUT2D eigenvalue weighted by Crippen LogP contribution is -2.28. The molecule has 5 heteroatoms. The first-order chi connectivity index (χ1) is 9.56. The molecule has 1 N–H and O–H groups in total. The summed E-state index contributed by atoms with van der Waals surface area (Å²) in [5.74, 6) is -1.31. The van der Waals surface area contributed by atoms with Crippen molar-refractivity contribution < 1.29 is 9.90 Å². The highest BCUT2D eigenvalue weighted by Crippen LogP contribution is 2.17. The van der Waals surface area contributed by atoms with Crippen LogP contribution in [0.5, 0.6) is 0 Å². The minimum Gasteiger partial charge on any atom is -0.481 e. The first-order valence-corrected chi connectivity index (χ1v) is 6.50. The van der Waals surface area contributed by atoms with Gasteiger partial charge in [0.05, 0.1) is 12.1 Å². The van der Waals surface area contributed by atoms with E-state index in [1.54, 1.807) is 10.9 Å². The first kappa shape index (κ1) is 14.3. The minimum atomic E-state index is -0.797. The van der Waals surface area contributed by atoms with Gasteiger partial charge in [-0.05, 0) is 12.6 Å². The van der Waals surface area contributed by atoms with Crippen molar-refractivity contribution in [3.05, 3.63) is 53.9 Å². The summed E-state index contributed by atoms with van der Waals surface area (Å²) in [7, 11) is 3.79. The molecule has 0 bridgehead atoms. The molecular weight excluding hydrogens is 254 g/mol. The van der Waals surface area contributed by atoms with Gasteiger partial charge in [-0.15, -0.1) is 0 Å². The van der Waals surface area contributed by atoms with Gasteiger partial charge in [0.2, 0.25) is 0 Å². The second-order valence-corrected chi connectivity index (χ2v) is 5.02. The fourth-order valence-electron chi connectivity index (χ4n) is 2.25. The minimum absolute atomic E-state index is 0.467. The van der Waals surface area contributed by atoms with Gasteiger partial charge in [0.1, 0.15) is 0 Å². The van der Waals surface area contributed by atoms with Crippen molar-refractivity contribution in [1.29, 1.82) is 0 Å². The number of hydrogen-bond acceptors (Lipinski definition) is 3. The third-order valence-corrected chi connectivity index (χ3v) is 3.21. The number of hydrogen-bond donors (Lipinski definition) is 1. The van der Waals surface area contributed by atoms with E-state index < -0.39 is 11.9 Å². The second kappa shape index (κ2) is 6.34. The van der Waals surface area contributed by atoms with E-state index >= 15 is 0 Å². The number of aryl methyl sites for hydroxylation is 1. The maximum atomic E-state index is 11.4. The molecule has 1 aromatic carbocycles. The van der Waals surface area contributed by atoms with Crippen molar-refractivity contribution in [1.82, 2.24) is 14.7 Å². The molecule has 1 unspecified atom stereocenters. The fraction of sp³-hybridized carbons (Fsp3) is 0.333. The van der Waals surface area contributed by atoms with Crippen LogP contribution < -0.4 is 0 Å². The SMILES string of the molecule is CN(Cc1cnn(C)c1)CC(C(=O)O)c1ccccc1. The highest BCUT2D eigenvalue weighted by atomic mass is 16.4. The van der Waals surface area contributed by atoms with E-state index in [2.05, 4.69) is 5.10 Å². The quantitative estimate of drug-likeness (QED) is 0.870. The third-order valence-electron chi connectivity index (χ3n) is 3.21. The summed E-state index contributed by atoms with van der Waals surface area (Å²) in [6, 6.07) is 9.34. The molecule has 1 atom stereocenters. The Morgan fingerprint density at radius 3 is 2.65 bits per heavy atom. The zero-order valence-electron chi connectivity index (χ0n) is 11.7. The summed E-state index contributed by atoms with van der Waals surface area (Å²) in [5, 5.41) is 13.5. The number of benzene rings is 1. The van der Waals surface area contributed by atoms with Gasteiger partial charge in [0.25, 0.3) is 0 Å². The molecule has 0 radical (unpaired) electrons. The van der Waals surface area contributed by atoms with Crippen LogP contribution in [0.4, 0.5) is 0 Å². The number of carboxylic acids is 1. The molecule has 0 aliphatic carbocycles. The average Bonchev–Trinajstić information content (AvgIpc) is 2.82. The molecule has 1 aromatic heterocycles. The molecular formula is C15H19N3O2. The number of carboxylic acid groups (broad SMARTS) is 1. The molecule has 106 valence electrons. The van der Waals surface area contributed by atoms with Gasteiger partial charge >= 0.3 is 5.97 Å². The van der Waals surface area contributed by atoms with Crippen LogP contribution >= 0.6 is 0 Å². The summed E-state index contributed by atoms with van der Waals surface area (Å²) in [4.78, 5) is 13.5. The molecule has 5 nitrogen and oxygen atoms in total. The van der Waals surface area contributed by atoms with Crippen molar-refractivity contribution in [2.75, 3.05) is 13.6 Å². The maximum absolute atomic E-state index is 11.4. The molecule has 0 amide bonds. The molecule has 0 spiro atoms. The van der Waals surface area contributed by atoms with Crippen molar-refractivity contribution in [3.63, 3.8) is 0 Å². The molecule has 1 heterocycles. The molecule has 0 saturated carbocycles. The molecule has 2 aromatic rings. The number of carbonyl (C=O) groups is 1. The lowest BCUT2D eigenvalue weighted by Gasteiger charge is -2.21. The van der Waals surface area contributed by atoms with Crippen LogP contribution in [0.15, 0.2) is 42.7 Å². The normalized spacial score (nSPS) is 12.6. The lowest BCUT2D eigenvalue weighted by molar-refractivity contribution is -0.139. The van der Waals surface area contributed by atoms with Crippen LogP contribution in [0, 0.1) is 0 Å². The van der Waals surface area contributed by atoms with Crippen molar-refractivity contribution in [2.45, 2.75) is 12.5 Å². The van der Waals surface area contributed by atoms with Gasteiger partial charge in [0.15, 0.2) is 0 Å². The highest BCUT2D eigenvalue weighted by Gasteiger charge is 2.21. The summed E-state index contributed by atoms with van der Waals surface area (Å²) in [6.45, 7) is 1.15. The molecule has 0 aliphatic rings. The van der Waals surface area contributed by atoms with Gasteiger partial charge < -0.3 is 10.0 Å². The van der Waals surface area contributed by atoms with Crippen molar-refractivity contribution in [3.8, 4) is 0 Å². The number of likely N-dealkylation sites (N-methyl/N-ethyl adjacent to an activating group) is 1. The Morgan fingerprint density at radius 1 is 1.40 bits per heavy atom. The topological polar surface area (TPSA) is 58.4 Å². The summed E-state index contributed by atoms with van der Waals surface area (Å²) >= 11 is 0. The van der Waals surface area contributed by atoms with E-state index in [4.69, 9.17) is 0 Å². The van der Waals surface area contributed by atoms with Crippen molar-refractivity contribution in [2.24, 2.45) is 7.05 Å².